The third-order valence-electron chi connectivity index (χ3n) is 3.42. The van der Waals surface area contributed by atoms with Gasteiger partial charge in [-0.1, -0.05) is 24.3 Å². The average molecular weight is 272 g/mol. The van der Waals surface area contributed by atoms with E-state index < -0.39 is 0 Å². The van der Waals surface area contributed by atoms with Gasteiger partial charge in [0.25, 0.3) is 0 Å². The van der Waals surface area contributed by atoms with Crippen LogP contribution in [0.15, 0.2) is 41.8 Å². The first-order valence-electron chi connectivity index (χ1n) is 6.42. The SMILES string of the molecule is C[C@@H](NC(=O)C1Cc2ccccc2N1)c1cccs1. The molecule has 19 heavy (non-hydrogen) atoms. The molecule has 3 rings (SSSR count). The number of anilines is 1. The first-order chi connectivity index (χ1) is 9.24. The Labute approximate surface area is 116 Å². The average Bonchev–Trinajstić information content (AvgIpc) is 3.07. The van der Waals surface area contributed by atoms with Gasteiger partial charge in [0.15, 0.2) is 0 Å². The number of nitrogens with one attached hydrogen (secondary N) is 2. The molecule has 1 amide bonds. The second-order valence-electron chi connectivity index (χ2n) is 4.80. The smallest absolute Gasteiger partial charge is 0.243 e. The largest absolute Gasteiger partial charge is 0.373 e. The third-order valence-corrected chi connectivity index (χ3v) is 4.47. The van der Waals surface area contributed by atoms with Crippen LogP contribution in [0.1, 0.15) is 23.4 Å². The summed E-state index contributed by atoms with van der Waals surface area (Å²) in [6.45, 7) is 2.02. The molecule has 1 aliphatic rings. The highest BCUT2D eigenvalue weighted by Crippen LogP contribution is 2.26. The molecule has 4 heteroatoms. The summed E-state index contributed by atoms with van der Waals surface area (Å²) in [5.41, 5.74) is 2.29. The van der Waals surface area contributed by atoms with Crippen molar-refractivity contribution in [2.75, 3.05) is 5.32 Å². The molecule has 2 atom stereocenters. The van der Waals surface area contributed by atoms with Crippen molar-refractivity contribution >= 4 is 22.9 Å². The van der Waals surface area contributed by atoms with Crippen LogP contribution >= 0.6 is 11.3 Å². The molecule has 0 saturated carbocycles. The lowest BCUT2D eigenvalue weighted by atomic mass is 10.1. The van der Waals surface area contributed by atoms with E-state index in [0.29, 0.717) is 0 Å². The van der Waals surface area contributed by atoms with Crippen LogP contribution in [0.25, 0.3) is 0 Å². The fourth-order valence-electron chi connectivity index (χ4n) is 2.38. The summed E-state index contributed by atoms with van der Waals surface area (Å²) < 4.78 is 0. The summed E-state index contributed by atoms with van der Waals surface area (Å²) in [6, 6.07) is 12.1. The van der Waals surface area contributed by atoms with Crippen molar-refractivity contribution in [2.45, 2.75) is 25.4 Å². The Morgan fingerprint density at radius 2 is 2.21 bits per heavy atom. The van der Waals surface area contributed by atoms with Gasteiger partial charge >= 0.3 is 0 Å². The van der Waals surface area contributed by atoms with Crippen LogP contribution in [0.2, 0.25) is 0 Å². The van der Waals surface area contributed by atoms with Crippen molar-refractivity contribution in [1.29, 1.82) is 0 Å². The first kappa shape index (κ1) is 12.2. The number of carbonyl (C=O) groups excluding carboxylic acids is 1. The van der Waals surface area contributed by atoms with Crippen molar-refractivity contribution < 1.29 is 4.79 Å². The normalized spacial score (nSPS) is 18.5. The van der Waals surface area contributed by atoms with Crippen molar-refractivity contribution in [3.63, 3.8) is 0 Å². The molecule has 0 fully saturated rings. The van der Waals surface area contributed by atoms with Gasteiger partial charge in [0.1, 0.15) is 6.04 Å². The maximum absolute atomic E-state index is 12.3. The van der Waals surface area contributed by atoms with Gasteiger partial charge in [0.05, 0.1) is 6.04 Å². The molecule has 0 aliphatic carbocycles. The molecule has 3 nitrogen and oxygen atoms in total. The molecular formula is C15H16N2OS. The van der Waals surface area contributed by atoms with Crippen LogP contribution in [0.5, 0.6) is 0 Å². The lowest BCUT2D eigenvalue weighted by molar-refractivity contribution is -0.122. The van der Waals surface area contributed by atoms with Crippen LogP contribution in [0.4, 0.5) is 5.69 Å². The van der Waals surface area contributed by atoms with Crippen molar-refractivity contribution in [3.8, 4) is 0 Å². The monoisotopic (exact) mass is 272 g/mol. The molecule has 0 radical (unpaired) electrons. The minimum absolute atomic E-state index is 0.0668. The fourth-order valence-corrected chi connectivity index (χ4v) is 3.11. The van der Waals surface area contributed by atoms with E-state index in [-0.39, 0.29) is 18.0 Å². The number of hydrogen-bond acceptors (Lipinski definition) is 3. The third kappa shape index (κ3) is 2.49. The molecule has 1 aliphatic heterocycles. The van der Waals surface area contributed by atoms with E-state index >= 15 is 0 Å². The van der Waals surface area contributed by atoms with Gasteiger partial charge in [-0.2, -0.15) is 0 Å². The summed E-state index contributed by atoms with van der Waals surface area (Å²) in [5, 5.41) is 8.37. The van der Waals surface area contributed by atoms with Crippen LogP contribution in [0, 0.1) is 0 Å². The summed E-state index contributed by atoms with van der Waals surface area (Å²) in [4.78, 5) is 13.4. The molecule has 0 spiro atoms. The quantitative estimate of drug-likeness (QED) is 0.902. The van der Waals surface area contributed by atoms with Gasteiger partial charge in [-0.05, 0) is 30.0 Å². The Morgan fingerprint density at radius 3 is 2.95 bits per heavy atom. The van der Waals surface area contributed by atoms with Gasteiger partial charge in [0.2, 0.25) is 5.91 Å². The highest BCUT2D eigenvalue weighted by molar-refractivity contribution is 7.10. The van der Waals surface area contributed by atoms with E-state index in [2.05, 4.69) is 16.7 Å². The number of hydrogen-bond donors (Lipinski definition) is 2. The van der Waals surface area contributed by atoms with Crippen LogP contribution in [-0.4, -0.2) is 11.9 Å². The molecular weight excluding hydrogens is 256 g/mol. The lowest BCUT2D eigenvalue weighted by Crippen LogP contribution is -2.39. The summed E-state index contributed by atoms with van der Waals surface area (Å²) >= 11 is 1.67. The molecule has 0 saturated heterocycles. The molecule has 2 aromatic rings. The maximum Gasteiger partial charge on any atom is 0.243 e. The maximum atomic E-state index is 12.3. The number of para-hydroxylation sites is 1. The van der Waals surface area contributed by atoms with E-state index in [1.807, 2.05) is 42.6 Å². The Hall–Kier alpha value is -1.81. The van der Waals surface area contributed by atoms with Crippen molar-refractivity contribution in [3.05, 3.63) is 52.2 Å². The van der Waals surface area contributed by atoms with E-state index in [1.165, 1.54) is 10.4 Å². The van der Waals surface area contributed by atoms with E-state index in [9.17, 15) is 4.79 Å². The molecule has 1 aromatic heterocycles. The van der Waals surface area contributed by atoms with E-state index in [0.717, 1.165) is 12.1 Å². The number of carbonyl (C=O) groups is 1. The summed E-state index contributed by atoms with van der Waals surface area (Å²) in [5.74, 6) is 0.0668. The minimum Gasteiger partial charge on any atom is -0.373 e. The van der Waals surface area contributed by atoms with E-state index in [4.69, 9.17) is 0 Å². The Kier molecular flexibility index (Phi) is 3.25. The van der Waals surface area contributed by atoms with Crippen LogP contribution < -0.4 is 10.6 Å². The van der Waals surface area contributed by atoms with Crippen LogP contribution in [0.3, 0.4) is 0 Å². The zero-order chi connectivity index (χ0) is 13.2. The summed E-state index contributed by atoms with van der Waals surface area (Å²) in [6.07, 6.45) is 0.763. The number of benzene rings is 1. The Bertz CT molecular complexity index is 555. The van der Waals surface area contributed by atoms with Gasteiger partial charge in [-0.15, -0.1) is 11.3 Å². The van der Waals surface area contributed by atoms with Gasteiger partial charge in [0, 0.05) is 17.0 Å². The second kappa shape index (κ2) is 5.05. The lowest BCUT2D eigenvalue weighted by Gasteiger charge is -2.16. The predicted octanol–water partition coefficient (Wildman–Crippen LogP) is 2.96. The molecule has 98 valence electrons. The fraction of sp³-hybridized carbons (Fsp3) is 0.267. The van der Waals surface area contributed by atoms with Crippen LogP contribution in [-0.2, 0) is 11.2 Å². The zero-order valence-corrected chi connectivity index (χ0v) is 11.5. The topological polar surface area (TPSA) is 41.1 Å². The van der Waals surface area contributed by atoms with Crippen molar-refractivity contribution in [2.24, 2.45) is 0 Å². The molecule has 0 bridgehead atoms. The predicted molar refractivity (Wildman–Crippen MR) is 78.4 cm³/mol. The van der Waals surface area contributed by atoms with E-state index in [1.54, 1.807) is 11.3 Å². The van der Waals surface area contributed by atoms with Gasteiger partial charge < -0.3 is 10.6 Å². The van der Waals surface area contributed by atoms with Gasteiger partial charge in [-0.3, -0.25) is 4.79 Å². The van der Waals surface area contributed by atoms with Gasteiger partial charge in [-0.25, -0.2) is 0 Å². The highest BCUT2D eigenvalue weighted by atomic mass is 32.1. The number of rotatable bonds is 3. The summed E-state index contributed by atoms with van der Waals surface area (Å²) in [7, 11) is 0. The Morgan fingerprint density at radius 1 is 1.37 bits per heavy atom. The standard InChI is InChI=1S/C15H16N2OS/c1-10(14-7-4-8-19-14)16-15(18)13-9-11-5-2-3-6-12(11)17-13/h2-8,10,13,17H,9H2,1H3,(H,16,18)/t10-,13?/m1/s1. The molecule has 1 unspecified atom stereocenters. The zero-order valence-electron chi connectivity index (χ0n) is 10.7. The molecule has 2 heterocycles. The number of amides is 1. The molecule has 2 N–H and O–H groups in total. The first-order valence-corrected chi connectivity index (χ1v) is 7.30. The highest BCUT2D eigenvalue weighted by Gasteiger charge is 2.27. The Balaban J connectivity index is 1.64. The van der Waals surface area contributed by atoms with Crippen molar-refractivity contribution in [1.82, 2.24) is 5.32 Å². The second-order valence-corrected chi connectivity index (χ2v) is 5.78. The minimum atomic E-state index is -0.153. The number of thiophene rings is 1. The molecule has 1 aromatic carbocycles. The number of fused-ring (bicyclic) bond motifs is 1.